The molecule has 0 saturated carbocycles. The van der Waals surface area contributed by atoms with Gasteiger partial charge >= 0.3 is 18.2 Å². The molecule has 0 atom stereocenters. The van der Waals surface area contributed by atoms with Crippen molar-refractivity contribution in [2.24, 2.45) is 5.73 Å². The van der Waals surface area contributed by atoms with Crippen molar-refractivity contribution in [1.29, 1.82) is 0 Å². The average Bonchev–Trinajstić information content (AvgIpc) is 3.39. The maximum atomic E-state index is 13.0. The molecule has 3 heterocycles. The fourth-order valence-corrected chi connectivity index (χ4v) is 3.53. The van der Waals surface area contributed by atoms with Crippen LogP contribution in [0.5, 0.6) is 5.75 Å². The van der Waals surface area contributed by atoms with Gasteiger partial charge in [0.05, 0.1) is 6.42 Å². The molecule has 18 heteroatoms. The Morgan fingerprint density at radius 1 is 1.05 bits per heavy atom. The van der Waals surface area contributed by atoms with Gasteiger partial charge < -0.3 is 10.5 Å². The normalized spacial score (nSPS) is 12.1. The Balaban J connectivity index is 1.76. The first kappa shape index (κ1) is 27.6. The van der Waals surface area contributed by atoms with Gasteiger partial charge in [0.25, 0.3) is 5.91 Å². The highest BCUT2D eigenvalue weighted by Gasteiger charge is 2.34. The van der Waals surface area contributed by atoms with E-state index in [1.807, 2.05) is 0 Å². The van der Waals surface area contributed by atoms with Crippen LogP contribution in [-0.4, -0.2) is 52.5 Å². The van der Waals surface area contributed by atoms with Crippen LogP contribution in [0.2, 0.25) is 5.02 Å². The zero-order valence-corrected chi connectivity index (χ0v) is 20.0. The lowest BCUT2D eigenvalue weighted by Gasteiger charge is -2.12. The number of pyridine rings is 1. The van der Waals surface area contributed by atoms with Gasteiger partial charge in [0.15, 0.2) is 23.2 Å². The predicted octanol–water partition coefficient (Wildman–Crippen LogP) is 3.34. The number of hydrogen-bond donors (Lipinski definition) is 1. The number of primary amides is 1. The second kappa shape index (κ2) is 10.4. The van der Waals surface area contributed by atoms with Crippen LogP contribution in [0.15, 0.2) is 47.4 Å². The summed E-state index contributed by atoms with van der Waals surface area (Å²) in [6, 6.07) is 7.83. The smallest absolute Gasteiger partial charge is 0.402 e. The van der Waals surface area contributed by atoms with Crippen molar-refractivity contribution in [3.05, 3.63) is 69.8 Å². The van der Waals surface area contributed by atoms with E-state index in [2.05, 4.69) is 24.9 Å². The monoisotopic (exact) mass is 576 g/mol. The third kappa shape index (κ3) is 6.54. The summed E-state index contributed by atoms with van der Waals surface area (Å²) in [7, 11) is 0. The average molecular weight is 577 g/mol. The number of amides is 1. The fraction of sp³-hybridized carbons (Fsp3) is 0.238. The van der Waals surface area contributed by atoms with Crippen molar-refractivity contribution in [3.8, 4) is 23.0 Å². The maximum absolute atomic E-state index is 13.0. The molecule has 1 aromatic carbocycles. The number of ether oxygens (including phenoxy) is 1. The van der Waals surface area contributed by atoms with Crippen LogP contribution in [0.1, 0.15) is 22.9 Å². The van der Waals surface area contributed by atoms with Crippen molar-refractivity contribution in [2.75, 3.05) is 0 Å². The van der Waals surface area contributed by atoms with E-state index >= 15 is 0 Å². The van der Waals surface area contributed by atoms with Crippen molar-refractivity contribution in [3.63, 3.8) is 0 Å². The Hall–Kier alpha value is -4.41. The lowest BCUT2D eigenvalue weighted by molar-refractivity contribution is -0.274. The van der Waals surface area contributed by atoms with Crippen LogP contribution in [0, 0.1) is 0 Å². The molecule has 0 fully saturated rings. The number of rotatable bonds is 8. The first-order chi connectivity index (χ1) is 18.2. The third-order valence-electron chi connectivity index (χ3n) is 4.98. The quantitative estimate of drug-likeness (QED) is 0.318. The molecule has 0 bridgehead atoms. The number of carbonyl (C=O) groups excluding carboxylic acids is 1. The molecular weight excluding hydrogens is 562 g/mol. The Morgan fingerprint density at radius 3 is 2.36 bits per heavy atom. The number of aromatic nitrogens is 7. The molecule has 0 radical (unpaired) electrons. The summed E-state index contributed by atoms with van der Waals surface area (Å²) in [4.78, 5) is 32.6. The zero-order chi connectivity index (χ0) is 28.5. The summed E-state index contributed by atoms with van der Waals surface area (Å²) in [5.41, 5.74) is 4.61. The van der Waals surface area contributed by atoms with Gasteiger partial charge in [-0.05, 0) is 36.4 Å². The molecule has 11 nitrogen and oxygen atoms in total. The molecule has 206 valence electrons. The molecule has 0 aliphatic heterocycles. The molecule has 0 aliphatic carbocycles. The van der Waals surface area contributed by atoms with Gasteiger partial charge in [-0.1, -0.05) is 11.6 Å². The molecule has 2 N–H and O–H groups in total. The first-order valence-electron chi connectivity index (χ1n) is 10.7. The van der Waals surface area contributed by atoms with E-state index < -0.39 is 61.0 Å². The second-order valence-corrected chi connectivity index (χ2v) is 8.22. The van der Waals surface area contributed by atoms with E-state index in [1.165, 1.54) is 24.3 Å². The van der Waals surface area contributed by atoms with Crippen LogP contribution in [0.3, 0.4) is 0 Å². The molecule has 0 spiro atoms. The second-order valence-electron chi connectivity index (χ2n) is 7.79. The molecular formula is C21H15ClF6N8O3. The Labute approximate surface area is 218 Å². The summed E-state index contributed by atoms with van der Waals surface area (Å²) in [6.45, 7) is -1.35. The van der Waals surface area contributed by atoms with E-state index in [9.17, 15) is 35.9 Å². The number of alkyl halides is 6. The highest BCUT2D eigenvalue weighted by Crippen LogP contribution is 2.28. The Bertz CT molecular complexity index is 1560. The predicted molar refractivity (Wildman–Crippen MR) is 121 cm³/mol. The van der Waals surface area contributed by atoms with Gasteiger partial charge in [-0.3, -0.25) is 9.36 Å². The standard InChI is InChI=1S/C21H15ClF6N8O3/c22-12-5-3-11(4-6-12)16-33-35(19(38)34(16)9-7-20(23,24)25)10-14-31-18(15(29)37)36(32-14)17-13(2-1-8-30-17)39-21(26,27)28/h1-6,8H,7,9-10H2,(H2,29,37). The molecule has 0 aliphatic rings. The number of hydrogen-bond acceptors (Lipinski definition) is 7. The molecule has 4 rings (SSSR count). The molecule has 3 aromatic heterocycles. The van der Waals surface area contributed by atoms with Gasteiger partial charge in [-0.25, -0.2) is 19.4 Å². The van der Waals surface area contributed by atoms with Gasteiger partial charge in [-0.15, -0.1) is 23.4 Å². The van der Waals surface area contributed by atoms with Crippen LogP contribution in [0.25, 0.3) is 17.2 Å². The summed E-state index contributed by atoms with van der Waals surface area (Å²) in [5.74, 6) is -3.74. The summed E-state index contributed by atoms with van der Waals surface area (Å²) < 4.78 is 83.4. The van der Waals surface area contributed by atoms with Crippen LogP contribution < -0.4 is 16.2 Å². The number of benzene rings is 1. The van der Waals surface area contributed by atoms with E-state index in [0.717, 1.165) is 27.6 Å². The van der Waals surface area contributed by atoms with Gasteiger partial charge in [0.1, 0.15) is 6.54 Å². The lowest BCUT2D eigenvalue weighted by atomic mass is 10.2. The van der Waals surface area contributed by atoms with Crippen molar-refractivity contribution >= 4 is 17.5 Å². The van der Waals surface area contributed by atoms with Crippen molar-refractivity contribution in [2.45, 2.75) is 32.0 Å². The lowest BCUT2D eigenvalue weighted by Crippen LogP contribution is -2.27. The minimum atomic E-state index is -5.11. The number of nitrogens with two attached hydrogens (primary N) is 1. The zero-order valence-electron chi connectivity index (χ0n) is 19.2. The van der Waals surface area contributed by atoms with Crippen molar-refractivity contribution < 1.29 is 35.9 Å². The largest absolute Gasteiger partial charge is 0.573 e. The van der Waals surface area contributed by atoms with Crippen LogP contribution in [-0.2, 0) is 13.1 Å². The Morgan fingerprint density at radius 2 is 1.74 bits per heavy atom. The van der Waals surface area contributed by atoms with E-state index in [1.54, 1.807) is 0 Å². The van der Waals surface area contributed by atoms with Gasteiger partial charge in [-0.2, -0.15) is 17.9 Å². The molecule has 0 saturated heterocycles. The molecule has 39 heavy (non-hydrogen) atoms. The summed E-state index contributed by atoms with van der Waals surface area (Å²) >= 11 is 5.87. The van der Waals surface area contributed by atoms with Gasteiger partial charge in [0, 0.05) is 23.3 Å². The fourth-order valence-electron chi connectivity index (χ4n) is 3.41. The third-order valence-corrected chi connectivity index (χ3v) is 5.24. The summed E-state index contributed by atoms with van der Waals surface area (Å²) in [5, 5.41) is 8.35. The van der Waals surface area contributed by atoms with Crippen LogP contribution >= 0.6 is 11.6 Å². The Kier molecular flexibility index (Phi) is 7.36. The minimum Gasteiger partial charge on any atom is -0.402 e. The van der Waals surface area contributed by atoms with E-state index in [-0.39, 0.29) is 17.2 Å². The first-order valence-corrected chi connectivity index (χ1v) is 11.1. The van der Waals surface area contributed by atoms with Gasteiger partial charge in [0.2, 0.25) is 5.82 Å². The SMILES string of the molecule is NC(=O)c1nc(Cn2nc(-c3ccc(Cl)cc3)n(CCC(F)(F)F)c2=O)nn1-c1ncccc1OC(F)(F)F. The topological polar surface area (TPSA) is 136 Å². The molecule has 4 aromatic rings. The maximum Gasteiger partial charge on any atom is 0.573 e. The number of nitrogens with zero attached hydrogens (tertiary/aromatic N) is 7. The minimum absolute atomic E-state index is 0.124. The van der Waals surface area contributed by atoms with Crippen molar-refractivity contribution in [1.82, 2.24) is 34.1 Å². The van der Waals surface area contributed by atoms with Crippen LogP contribution in [0.4, 0.5) is 26.3 Å². The highest BCUT2D eigenvalue weighted by molar-refractivity contribution is 6.30. The molecule has 1 amide bonds. The van der Waals surface area contributed by atoms with E-state index in [0.29, 0.717) is 9.70 Å². The summed E-state index contributed by atoms with van der Waals surface area (Å²) in [6.07, 6.45) is -9.92. The highest BCUT2D eigenvalue weighted by atomic mass is 35.5. The van der Waals surface area contributed by atoms with E-state index in [4.69, 9.17) is 17.3 Å². The molecule has 0 unspecified atom stereocenters. The number of halogens is 7. The number of carbonyl (C=O) groups is 1.